The first-order valence-corrected chi connectivity index (χ1v) is 5.23. The quantitative estimate of drug-likeness (QED) is 0.748. The Morgan fingerprint density at radius 2 is 2.20 bits per heavy atom. The van der Waals surface area contributed by atoms with E-state index in [0.717, 1.165) is 24.1 Å². The number of hydrogen-bond donors (Lipinski definition) is 1. The zero-order valence-corrected chi connectivity index (χ0v) is 9.60. The zero-order valence-electron chi connectivity index (χ0n) is 9.60. The van der Waals surface area contributed by atoms with E-state index in [1.807, 2.05) is 26.1 Å². The summed E-state index contributed by atoms with van der Waals surface area (Å²) in [6.07, 6.45) is 3.10. The van der Waals surface area contributed by atoms with E-state index in [1.54, 1.807) is 13.0 Å². The molecule has 1 rings (SSSR count). The molecule has 0 bridgehead atoms. The van der Waals surface area contributed by atoms with Crippen LogP contribution in [0.15, 0.2) is 24.3 Å². The first-order valence-electron chi connectivity index (χ1n) is 5.23. The van der Waals surface area contributed by atoms with Gasteiger partial charge in [-0.2, -0.15) is 0 Å². The summed E-state index contributed by atoms with van der Waals surface area (Å²) in [5, 5.41) is 3.08. The maximum atomic E-state index is 13.3. The normalized spacial score (nSPS) is 11.9. The molecular weight excluding hydrogens is 189 g/mol. The number of aryl methyl sites for hydroxylation is 1. The highest BCUT2D eigenvalue weighted by molar-refractivity contribution is 5.63. The highest BCUT2D eigenvalue weighted by Gasteiger charge is 2.00. The molecule has 0 unspecified atom stereocenters. The molecule has 82 valence electrons. The average Bonchev–Trinajstić information content (AvgIpc) is 2.22. The van der Waals surface area contributed by atoms with Crippen LogP contribution in [0.25, 0.3) is 5.57 Å². The number of halogens is 1. The third-order valence-corrected chi connectivity index (χ3v) is 2.47. The number of allylic oxidation sites excluding steroid dienone is 1. The number of hydrogen-bond acceptors (Lipinski definition) is 1. The Kier molecular flexibility index (Phi) is 4.50. The van der Waals surface area contributed by atoms with Crippen molar-refractivity contribution in [2.45, 2.75) is 20.3 Å². The summed E-state index contributed by atoms with van der Waals surface area (Å²) in [6.45, 7) is 4.74. The van der Waals surface area contributed by atoms with Crippen LogP contribution in [0.2, 0.25) is 0 Å². The van der Waals surface area contributed by atoms with Crippen LogP contribution in [0.4, 0.5) is 4.39 Å². The first-order chi connectivity index (χ1) is 7.15. The lowest BCUT2D eigenvalue weighted by molar-refractivity contribution is 0.618. The van der Waals surface area contributed by atoms with Gasteiger partial charge in [-0.1, -0.05) is 18.2 Å². The van der Waals surface area contributed by atoms with Crippen LogP contribution < -0.4 is 5.32 Å². The molecule has 0 heterocycles. The summed E-state index contributed by atoms with van der Waals surface area (Å²) >= 11 is 0. The Labute approximate surface area is 91.0 Å². The SMILES string of the molecule is CNCC/C=C(/C)c1ccc(C)c(F)c1. The molecule has 15 heavy (non-hydrogen) atoms. The van der Waals surface area contributed by atoms with Crippen molar-refractivity contribution in [2.75, 3.05) is 13.6 Å². The fourth-order valence-corrected chi connectivity index (χ4v) is 1.39. The highest BCUT2D eigenvalue weighted by Crippen LogP contribution is 2.17. The van der Waals surface area contributed by atoms with Crippen LogP contribution in [0.1, 0.15) is 24.5 Å². The van der Waals surface area contributed by atoms with E-state index < -0.39 is 0 Å². The van der Waals surface area contributed by atoms with E-state index in [-0.39, 0.29) is 5.82 Å². The second-order valence-electron chi connectivity index (χ2n) is 3.74. The van der Waals surface area contributed by atoms with Gasteiger partial charge in [0.25, 0.3) is 0 Å². The van der Waals surface area contributed by atoms with E-state index in [9.17, 15) is 4.39 Å². The Bertz CT molecular complexity index is 356. The summed E-state index contributed by atoms with van der Waals surface area (Å²) < 4.78 is 13.3. The summed E-state index contributed by atoms with van der Waals surface area (Å²) in [4.78, 5) is 0. The van der Waals surface area contributed by atoms with Crippen molar-refractivity contribution >= 4 is 5.57 Å². The minimum Gasteiger partial charge on any atom is -0.319 e. The Hall–Kier alpha value is -1.15. The molecule has 0 amide bonds. The number of benzene rings is 1. The summed E-state index contributed by atoms with van der Waals surface area (Å²) in [7, 11) is 1.93. The second-order valence-corrected chi connectivity index (χ2v) is 3.74. The van der Waals surface area contributed by atoms with Gasteiger partial charge in [0, 0.05) is 0 Å². The molecule has 0 aliphatic carbocycles. The van der Waals surface area contributed by atoms with Crippen LogP contribution in [0.3, 0.4) is 0 Å². The maximum Gasteiger partial charge on any atom is 0.126 e. The minimum absolute atomic E-state index is 0.131. The van der Waals surface area contributed by atoms with Gasteiger partial charge in [0.05, 0.1) is 0 Å². The van der Waals surface area contributed by atoms with Crippen molar-refractivity contribution in [3.63, 3.8) is 0 Å². The van der Waals surface area contributed by atoms with E-state index >= 15 is 0 Å². The largest absolute Gasteiger partial charge is 0.319 e. The van der Waals surface area contributed by atoms with Gasteiger partial charge in [0.2, 0.25) is 0 Å². The van der Waals surface area contributed by atoms with Crippen LogP contribution in [0.5, 0.6) is 0 Å². The van der Waals surface area contributed by atoms with Gasteiger partial charge >= 0.3 is 0 Å². The molecule has 0 saturated heterocycles. The topological polar surface area (TPSA) is 12.0 Å². The fraction of sp³-hybridized carbons (Fsp3) is 0.385. The van der Waals surface area contributed by atoms with Gasteiger partial charge in [-0.15, -0.1) is 0 Å². The monoisotopic (exact) mass is 207 g/mol. The third-order valence-electron chi connectivity index (χ3n) is 2.47. The van der Waals surface area contributed by atoms with Crippen molar-refractivity contribution in [3.05, 3.63) is 41.2 Å². The fourth-order valence-electron chi connectivity index (χ4n) is 1.39. The lowest BCUT2D eigenvalue weighted by Gasteiger charge is -2.04. The molecule has 1 aromatic rings. The van der Waals surface area contributed by atoms with Crippen molar-refractivity contribution in [1.82, 2.24) is 5.32 Å². The van der Waals surface area contributed by atoms with Gasteiger partial charge in [-0.25, -0.2) is 4.39 Å². The molecular formula is C13H18FN. The molecule has 0 radical (unpaired) electrons. The first kappa shape index (κ1) is 11.9. The molecule has 0 fully saturated rings. The Morgan fingerprint density at radius 1 is 1.47 bits per heavy atom. The molecule has 0 aliphatic rings. The van der Waals surface area contributed by atoms with E-state index in [1.165, 1.54) is 0 Å². The molecule has 1 aromatic carbocycles. The Morgan fingerprint density at radius 3 is 2.80 bits per heavy atom. The van der Waals surface area contributed by atoms with Crippen LogP contribution in [-0.4, -0.2) is 13.6 Å². The molecule has 0 spiro atoms. The molecule has 2 heteroatoms. The highest BCUT2D eigenvalue weighted by atomic mass is 19.1. The van der Waals surface area contributed by atoms with Gasteiger partial charge in [0.15, 0.2) is 0 Å². The van der Waals surface area contributed by atoms with E-state index in [4.69, 9.17) is 0 Å². The van der Waals surface area contributed by atoms with E-state index in [2.05, 4.69) is 11.4 Å². The molecule has 1 nitrogen and oxygen atoms in total. The van der Waals surface area contributed by atoms with Crippen molar-refractivity contribution in [3.8, 4) is 0 Å². The van der Waals surface area contributed by atoms with Crippen LogP contribution in [0, 0.1) is 12.7 Å². The average molecular weight is 207 g/mol. The van der Waals surface area contributed by atoms with Gasteiger partial charge in [-0.05, 0) is 56.6 Å². The molecule has 0 atom stereocenters. The van der Waals surface area contributed by atoms with Gasteiger partial charge in [0.1, 0.15) is 5.82 Å². The second kappa shape index (κ2) is 5.66. The number of nitrogens with one attached hydrogen (secondary N) is 1. The number of rotatable bonds is 4. The van der Waals surface area contributed by atoms with Crippen molar-refractivity contribution < 1.29 is 4.39 Å². The van der Waals surface area contributed by atoms with Crippen molar-refractivity contribution in [1.29, 1.82) is 0 Å². The lowest BCUT2D eigenvalue weighted by atomic mass is 10.0. The minimum atomic E-state index is -0.131. The zero-order chi connectivity index (χ0) is 11.3. The molecule has 1 N–H and O–H groups in total. The summed E-state index contributed by atoms with van der Waals surface area (Å²) in [5.41, 5.74) is 2.79. The van der Waals surface area contributed by atoms with Gasteiger partial charge < -0.3 is 5.32 Å². The van der Waals surface area contributed by atoms with Crippen LogP contribution in [-0.2, 0) is 0 Å². The standard InChI is InChI=1S/C13H18FN/c1-10(5-4-8-15-3)12-7-6-11(2)13(14)9-12/h5-7,9,15H,4,8H2,1-3H3/b10-5-. The summed E-state index contributed by atoms with van der Waals surface area (Å²) in [6, 6.07) is 5.38. The van der Waals surface area contributed by atoms with Crippen LogP contribution >= 0.6 is 0 Å². The van der Waals surface area contributed by atoms with Gasteiger partial charge in [-0.3, -0.25) is 0 Å². The smallest absolute Gasteiger partial charge is 0.126 e. The maximum absolute atomic E-state index is 13.3. The Balaban J connectivity index is 2.77. The molecule has 0 aliphatic heterocycles. The van der Waals surface area contributed by atoms with E-state index in [0.29, 0.717) is 5.56 Å². The lowest BCUT2D eigenvalue weighted by Crippen LogP contribution is -2.05. The third kappa shape index (κ3) is 3.48. The predicted octanol–water partition coefficient (Wildman–Crippen LogP) is 3.15. The summed E-state index contributed by atoms with van der Waals surface area (Å²) in [5.74, 6) is -0.131. The molecule has 0 aromatic heterocycles. The van der Waals surface area contributed by atoms with Crippen molar-refractivity contribution in [2.24, 2.45) is 0 Å². The predicted molar refractivity (Wildman–Crippen MR) is 63.3 cm³/mol. The molecule has 0 saturated carbocycles.